The number of fused-ring (bicyclic) bond motifs is 1. The zero-order valence-electron chi connectivity index (χ0n) is 10.5. The highest BCUT2D eigenvalue weighted by molar-refractivity contribution is 5.96. The van der Waals surface area contributed by atoms with Crippen molar-refractivity contribution in [2.24, 2.45) is 5.92 Å². The largest absolute Gasteiger partial charge is 0.336 e. The van der Waals surface area contributed by atoms with Gasteiger partial charge in [-0.05, 0) is 25.3 Å². The minimum Gasteiger partial charge on any atom is -0.336 e. The molecule has 6 heteroatoms. The molecule has 6 nitrogen and oxygen atoms in total. The predicted molar refractivity (Wildman–Crippen MR) is 66.1 cm³/mol. The van der Waals surface area contributed by atoms with Gasteiger partial charge in [0.2, 0.25) is 5.91 Å². The molecule has 3 aliphatic heterocycles. The number of likely N-dealkylation sites (tertiary alicyclic amines) is 1. The highest BCUT2D eigenvalue weighted by atomic mass is 16.2. The van der Waals surface area contributed by atoms with Gasteiger partial charge in [0.25, 0.3) is 0 Å². The molecule has 100 valence electrons. The van der Waals surface area contributed by atoms with Crippen LogP contribution in [0.15, 0.2) is 0 Å². The maximum absolute atomic E-state index is 12.0. The van der Waals surface area contributed by atoms with E-state index in [1.165, 1.54) is 17.7 Å². The molecule has 0 spiro atoms. The molecule has 3 amide bonds. The lowest BCUT2D eigenvalue weighted by molar-refractivity contribution is -0.128. The summed E-state index contributed by atoms with van der Waals surface area (Å²) in [5.74, 6) is 0.614. The molecule has 3 aliphatic rings. The average Bonchev–Trinajstić information content (AvgIpc) is 2.94. The Morgan fingerprint density at radius 3 is 2.94 bits per heavy atom. The van der Waals surface area contributed by atoms with Gasteiger partial charge in [-0.2, -0.15) is 0 Å². The van der Waals surface area contributed by atoms with Crippen molar-refractivity contribution >= 4 is 11.9 Å². The summed E-state index contributed by atoms with van der Waals surface area (Å²) in [6, 6.07) is 0.300. The van der Waals surface area contributed by atoms with Crippen LogP contribution >= 0.6 is 0 Å². The first-order chi connectivity index (χ1) is 8.74. The van der Waals surface area contributed by atoms with Crippen LogP contribution in [0.3, 0.4) is 0 Å². The number of carbonyl (C=O) groups excluding carboxylic acids is 2. The zero-order chi connectivity index (χ0) is 12.5. The van der Waals surface area contributed by atoms with E-state index in [2.05, 4.69) is 15.5 Å². The summed E-state index contributed by atoms with van der Waals surface area (Å²) in [6.45, 7) is 4.48. The van der Waals surface area contributed by atoms with E-state index in [-0.39, 0.29) is 11.9 Å². The van der Waals surface area contributed by atoms with Gasteiger partial charge in [0.15, 0.2) is 0 Å². The van der Waals surface area contributed by atoms with Gasteiger partial charge in [-0.25, -0.2) is 4.79 Å². The van der Waals surface area contributed by atoms with E-state index in [1.54, 1.807) is 0 Å². The van der Waals surface area contributed by atoms with Gasteiger partial charge >= 0.3 is 6.03 Å². The van der Waals surface area contributed by atoms with E-state index in [0.717, 1.165) is 19.6 Å². The van der Waals surface area contributed by atoms with Crippen molar-refractivity contribution in [2.45, 2.75) is 18.9 Å². The Labute approximate surface area is 107 Å². The van der Waals surface area contributed by atoms with Gasteiger partial charge in [0.05, 0.1) is 6.54 Å². The minimum absolute atomic E-state index is 0.0661. The number of piperidine rings is 1. The number of amides is 3. The van der Waals surface area contributed by atoms with Crippen LogP contribution in [-0.4, -0.2) is 67.0 Å². The number of hydrogen-bond acceptors (Lipinski definition) is 4. The van der Waals surface area contributed by atoms with Crippen molar-refractivity contribution in [1.82, 2.24) is 20.4 Å². The first-order valence-corrected chi connectivity index (χ1v) is 6.78. The summed E-state index contributed by atoms with van der Waals surface area (Å²) >= 11 is 0. The van der Waals surface area contributed by atoms with Crippen LogP contribution in [-0.2, 0) is 4.79 Å². The number of rotatable bonds is 2. The fourth-order valence-corrected chi connectivity index (χ4v) is 3.25. The Kier molecular flexibility index (Phi) is 3.22. The Morgan fingerprint density at radius 2 is 2.22 bits per heavy atom. The molecule has 0 radical (unpaired) electrons. The molecule has 0 bridgehead atoms. The molecule has 3 fully saturated rings. The number of nitrogens with zero attached hydrogens (tertiary/aromatic N) is 2. The third kappa shape index (κ3) is 2.22. The summed E-state index contributed by atoms with van der Waals surface area (Å²) in [7, 11) is 0. The molecule has 0 aliphatic carbocycles. The molecule has 0 aromatic carbocycles. The van der Waals surface area contributed by atoms with Crippen molar-refractivity contribution in [1.29, 1.82) is 0 Å². The van der Waals surface area contributed by atoms with E-state index in [1.807, 2.05) is 0 Å². The van der Waals surface area contributed by atoms with E-state index in [4.69, 9.17) is 0 Å². The number of imide groups is 1. The highest BCUT2D eigenvalue weighted by Gasteiger charge is 2.36. The molecule has 0 aromatic heterocycles. The van der Waals surface area contributed by atoms with E-state index in [9.17, 15) is 9.59 Å². The first kappa shape index (κ1) is 11.9. The maximum atomic E-state index is 12.0. The monoisotopic (exact) mass is 252 g/mol. The van der Waals surface area contributed by atoms with Crippen LogP contribution in [0, 0.1) is 5.92 Å². The minimum atomic E-state index is -0.241. The second kappa shape index (κ2) is 4.85. The van der Waals surface area contributed by atoms with Crippen molar-refractivity contribution in [3.63, 3.8) is 0 Å². The molecule has 3 saturated heterocycles. The number of hydrogen-bond donors (Lipinski definition) is 2. The van der Waals surface area contributed by atoms with Crippen LogP contribution in [0.2, 0.25) is 0 Å². The summed E-state index contributed by atoms with van der Waals surface area (Å²) < 4.78 is 0. The predicted octanol–water partition coefficient (Wildman–Crippen LogP) is -0.778. The van der Waals surface area contributed by atoms with Crippen molar-refractivity contribution < 1.29 is 9.59 Å². The Balaban J connectivity index is 1.54. The number of nitrogens with one attached hydrogen (secondary N) is 2. The lowest BCUT2D eigenvalue weighted by atomic mass is 9.94. The lowest BCUT2D eigenvalue weighted by Crippen LogP contribution is -2.43. The van der Waals surface area contributed by atoms with Gasteiger partial charge in [-0.15, -0.1) is 0 Å². The van der Waals surface area contributed by atoms with Gasteiger partial charge < -0.3 is 10.6 Å². The van der Waals surface area contributed by atoms with E-state index >= 15 is 0 Å². The molecular weight excluding hydrogens is 232 g/mol. The molecule has 0 saturated carbocycles. The summed E-state index contributed by atoms with van der Waals surface area (Å²) in [6.07, 6.45) is 2.49. The first-order valence-electron chi connectivity index (χ1n) is 6.78. The van der Waals surface area contributed by atoms with Crippen LogP contribution in [0.5, 0.6) is 0 Å². The van der Waals surface area contributed by atoms with Gasteiger partial charge in [-0.1, -0.05) is 0 Å². The van der Waals surface area contributed by atoms with Gasteiger partial charge in [0, 0.05) is 32.2 Å². The number of urea groups is 1. The lowest BCUT2D eigenvalue weighted by Gasteiger charge is -2.24. The van der Waals surface area contributed by atoms with Crippen LogP contribution in [0.1, 0.15) is 12.8 Å². The van der Waals surface area contributed by atoms with Gasteiger partial charge in [-0.3, -0.25) is 14.6 Å². The summed E-state index contributed by atoms with van der Waals surface area (Å²) in [5, 5.41) is 6.18. The molecule has 2 atom stereocenters. The zero-order valence-corrected chi connectivity index (χ0v) is 10.5. The molecule has 18 heavy (non-hydrogen) atoms. The third-order valence-electron chi connectivity index (χ3n) is 4.19. The standard InChI is InChI=1S/C12H20N4O2/c17-11(16-5-4-14-12(16)18)8-15-6-9-2-1-3-13-10(9)7-15/h9-10,13H,1-8H2,(H,14,18)/t9-,10+/m0/s1. The second-order valence-electron chi connectivity index (χ2n) is 5.43. The van der Waals surface area contributed by atoms with E-state index in [0.29, 0.717) is 31.6 Å². The Hall–Kier alpha value is -1.14. The van der Waals surface area contributed by atoms with Crippen molar-refractivity contribution in [3.8, 4) is 0 Å². The van der Waals surface area contributed by atoms with Crippen LogP contribution in [0.4, 0.5) is 4.79 Å². The fraction of sp³-hybridized carbons (Fsp3) is 0.833. The quantitative estimate of drug-likeness (QED) is 0.677. The van der Waals surface area contributed by atoms with Crippen molar-refractivity contribution in [3.05, 3.63) is 0 Å². The van der Waals surface area contributed by atoms with Crippen molar-refractivity contribution in [2.75, 3.05) is 39.3 Å². The molecule has 3 rings (SSSR count). The molecule has 3 heterocycles. The molecule has 0 aromatic rings. The third-order valence-corrected chi connectivity index (χ3v) is 4.19. The summed E-state index contributed by atoms with van der Waals surface area (Å²) in [5.41, 5.74) is 0. The molecule has 0 unspecified atom stereocenters. The van der Waals surface area contributed by atoms with E-state index < -0.39 is 0 Å². The topological polar surface area (TPSA) is 64.7 Å². The Morgan fingerprint density at radius 1 is 1.33 bits per heavy atom. The SMILES string of the molecule is O=C(CN1C[C@@H]2CCCN[C@@H]2C1)N1CCNC1=O. The van der Waals surface area contributed by atoms with Crippen LogP contribution in [0.25, 0.3) is 0 Å². The Bertz CT molecular complexity index is 346. The summed E-state index contributed by atoms with van der Waals surface area (Å²) in [4.78, 5) is 26.9. The fourth-order valence-electron chi connectivity index (χ4n) is 3.25. The second-order valence-corrected chi connectivity index (χ2v) is 5.43. The number of carbonyl (C=O) groups is 2. The van der Waals surface area contributed by atoms with Crippen LogP contribution < -0.4 is 10.6 Å². The smallest absolute Gasteiger partial charge is 0.324 e. The molecular formula is C12H20N4O2. The maximum Gasteiger partial charge on any atom is 0.324 e. The average molecular weight is 252 g/mol. The normalized spacial score (nSPS) is 32.4. The van der Waals surface area contributed by atoms with Gasteiger partial charge in [0.1, 0.15) is 0 Å². The highest BCUT2D eigenvalue weighted by Crippen LogP contribution is 2.24. The molecule has 2 N–H and O–H groups in total.